The third-order valence-corrected chi connectivity index (χ3v) is 2.29. The van der Waals surface area contributed by atoms with Crippen molar-refractivity contribution in [2.24, 2.45) is 0 Å². The normalized spacial score (nSPS) is 10.2. The molecule has 0 saturated heterocycles. The molecule has 2 aromatic rings. The maximum atomic E-state index is 13.1. The Morgan fingerprint density at radius 3 is 2.81 bits per heavy atom. The predicted molar refractivity (Wildman–Crippen MR) is 62.8 cm³/mol. The van der Waals surface area contributed by atoms with Crippen molar-refractivity contribution in [2.75, 3.05) is 19.0 Å². The lowest BCUT2D eigenvalue weighted by molar-refractivity contribution is 0.628. The summed E-state index contributed by atoms with van der Waals surface area (Å²) in [6.45, 7) is 0. The number of anilines is 1. The number of nitrogens with zero attached hydrogens (tertiary/aromatic N) is 2. The van der Waals surface area contributed by atoms with Gasteiger partial charge in [-0.25, -0.2) is 9.37 Å². The second-order valence-electron chi connectivity index (χ2n) is 3.71. The average molecular weight is 215 g/mol. The summed E-state index contributed by atoms with van der Waals surface area (Å²) in [7, 11) is 3.82. The van der Waals surface area contributed by atoms with Crippen LogP contribution in [0.4, 0.5) is 10.2 Å². The van der Waals surface area contributed by atoms with E-state index in [2.05, 4.69) is 11.1 Å². The van der Waals surface area contributed by atoms with Crippen LogP contribution in [0.3, 0.4) is 0 Å². The highest BCUT2D eigenvalue weighted by Gasteiger charge is 2.07. The van der Waals surface area contributed by atoms with Crippen LogP contribution in [0.2, 0.25) is 0 Å². The van der Waals surface area contributed by atoms with E-state index in [-0.39, 0.29) is 5.82 Å². The molecule has 3 heteroatoms. The van der Waals surface area contributed by atoms with E-state index in [1.807, 2.05) is 31.1 Å². The molecule has 0 saturated carbocycles. The van der Waals surface area contributed by atoms with Crippen LogP contribution in [0.1, 0.15) is 0 Å². The van der Waals surface area contributed by atoms with Gasteiger partial charge in [0.1, 0.15) is 11.6 Å². The largest absolute Gasteiger partial charge is 0.362 e. The second-order valence-corrected chi connectivity index (χ2v) is 3.71. The number of hydrogen-bond acceptors (Lipinski definition) is 2. The summed E-state index contributed by atoms with van der Waals surface area (Å²) >= 11 is 0. The molecule has 0 aliphatic carbocycles. The summed E-state index contributed by atoms with van der Waals surface area (Å²) < 4.78 is 13.1. The van der Waals surface area contributed by atoms with Crippen molar-refractivity contribution in [3.63, 3.8) is 0 Å². The van der Waals surface area contributed by atoms with Gasteiger partial charge in [-0.1, -0.05) is 12.1 Å². The molecule has 0 spiro atoms. The molecule has 0 amide bonds. The van der Waals surface area contributed by atoms with E-state index in [0.717, 1.165) is 16.9 Å². The number of aromatic nitrogens is 1. The van der Waals surface area contributed by atoms with Crippen LogP contribution in [0, 0.1) is 11.9 Å². The summed E-state index contributed by atoms with van der Waals surface area (Å²) in [4.78, 5) is 6.13. The molecule has 1 radical (unpaired) electrons. The first-order chi connectivity index (χ1) is 7.68. The van der Waals surface area contributed by atoms with Crippen LogP contribution in [-0.2, 0) is 0 Å². The van der Waals surface area contributed by atoms with Gasteiger partial charge in [0.05, 0.1) is 0 Å². The monoisotopic (exact) mass is 215 g/mol. The minimum atomic E-state index is -0.244. The molecule has 16 heavy (non-hydrogen) atoms. The zero-order chi connectivity index (χ0) is 11.5. The van der Waals surface area contributed by atoms with Gasteiger partial charge in [0.25, 0.3) is 0 Å². The lowest BCUT2D eigenvalue weighted by Crippen LogP contribution is -2.11. The first-order valence-corrected chi connectivity index (χ1v) is 4.98. The van der Waals surface area contributed by atoms with Gasteiger partial charge in [-0.3, -0.25) is 0 Å². The number of hydrogen-bond donors (Lipinski definition) is 0. The number of pyridine rings is 1. The first-order valence-electron chi connectivity index (χ1n) is 4.98. The summed E-state index contributed by atoms with van der Waals surface area (Å²) in [5.41, 5.74) is 1.69. The second kappa shape index (κ2) is 4.31. The maximum Gasteiger partial charge on any atom is 0.135 e. The Morgan fingerprint density at radius 1 is 1.31 bits per heavy atom. The Balaban J connectivity index is 2.55. The van der Waals surface area contributed by atoms with E-state index in [9.17, 15) is 4.39 Å². The quantitative estimate of drug-likeness (QED) is 0.765. The first kappa shape index (κ1) is 10.6. The third-order valence-electron chi connectivity index (χ3n) is 2.29. The lowest BCUT2D eigenvalue weighted by atomic mass is 10.1. The zero-order valence-electron chi connectivity index (χ0n) is 9.24. The molecule has 1 aromatic heterocycles. The Hall–Kier alpha value is -1.90. The zero-order valence-corrected chi connectivity index (χ0v) is 9.24. The third kappa shape index (κ3) is 2.03. The molecule has 81 valence electrons. The number of halogens is 1. The molecule has 1 heterocycles. The van der Waals surface area contributed by atoms with E-state index in [0.29, 0.717) is 0 Å². The topological polar surface area (TPSA) is 16.1 Å². The van der Waals surface area contributed by atoms with Gasteiger partial charge >= 0.3 is 0 Å². The smallest absolute Gasteiger partial charge is 0.135 e. The van der Waals surface area contributed by atoms with Gasteiger partial charge in [-0.15, -0.1) is 0 Å². The Kier molecular flexibility index (Phi) is 2.86. The fourth-order valence-corrected chi connectivity index (χ4v) is 1.58. The standard InChI is InChI=1S/C13H12FN2/c1-16(2)13-12(7-4-8-15-13)10-5-3-6-11(14)9-10/h3,5-9H,1-2H3. The molecule has 0 N–H and O–H groups in total. The van der Waals surface area contributed by atoms with E-state index in [1.54, 1.807) is 12.3 Å². The van der Waals surface area contributed by atoms with Crippen LogP contribution in [0.25, 0.3) is 11.1 Å². The fraction of sp³-hybridized carbons (Fsp3) is 0.154. The van der Waals surface area contributed by atoms with Gasteiger partial charge in [0.15, 0.2) is 0 Å². The average Bonchev–Trinajstić information content (AvgIpc) is 2.29. The molecular weight excluding hydrogens is 203 g/mol. The minimum Gasteiger partial charge on any atom is -0.362 e. The van der Waals surface area contributed by atoms with Crippen molar-refractivity contribution in [3.8, 4) is 11.1 Å². The Labute approximate surface area is 94.4 Å². The van der Waals surface area contributed by atoms with Crippen LogP contribution in [0.15, 0.2) is 36.5 Å². The van der Waals surface area contributed by atoms with Gasteiger partial charge in [-0.2, -0.15) is 0 Å². The van der Waals surface area contributed by atoms with Gasteiger partial charge in [0.2, 0.25) is 0 Å². The highest BCUT2D eigenvalue weighted by molar-refractivity contribution is 5.75. The van der Waals surface area contributed by atoms with Crippen LogP contribution < -0.4 is 4.90 Å². The highest BCUT2D eigenvalue weighted by atomic mass is 19.1. The molecule has 2 nitrogen and oxygen atoms in total. The molecule has 0 fully saturated rings. The van der Waals surface area contributed by atoms with E-state index >= 15 is 0 Å². The Morgan fingerprint density at radius 2 is 2.12 bits per heavy atom. The van der Waals surface area contributed by atoms with E-state index in [4.69, 9.17) is 0 Å². The van der Waals surface area contributed by atoms with Crippen molar-refractivity contribution in [1.29, 1.82) is 0 Å². The summed E-state index contributed by atoms with van der Waals surface area (Å²) in [6, 6.07) is 11.2. The Bertz CT molecular complexity index is 495. The van der Waals surface area contributed by atoms with Crippen molar-refractivity contribution >= 4 is 5.82 Å². The fourth-order valence-electron chi connectivity index (χ4n) is 1.58. The van der Waals surface area contributed by atoms with Crippen LogP contribution in [0.5, 0.6) is 0 Å². The summed E-state index contributed by atoms with van der Waals surface area (Å²) in [5.74, 6) is 0.565. The molecular formula is C13H12FN2. The predicted octanol–water partition coefficient (Wildman–Crippen LogP) is 2.75. The molecule has 0 atom stereocenters. The van der Waals surface area contributed by atoms with Gasteiger partial charge < -0.3 is 4.90 Å². The SMILES string of the molecule is CN(C)c1nc[c]cc1-c1cccc(F)c1. The summed E-state index contributed by atoms with van der Waals surface area (Å²) in [6.07, 6.45) is 1.61. The van der Waals surface area contributed by atoms with E-state index in [1.165, 1.54) is 12.1 Å². The number of rotatable bonds is 2. The van der Waals surface area contributed by atoms with Crippen LogP contribution in [-0.4, -0.2) is 19.1 Å². The van der Waals surface area contributed by atoms with Crippen LogP contribution >= 0.6 is 0 Å². The minimum absolute atomic E-state index is 0.244. The lowest BCUT2D eigenvalue weighted by Gasteiger charge is -2.15. The van der Waals surface area contributed by atoms with Gasteiger partial charge in [0, 0.05) is 31.9 Å². The molecule has 0 unspecified atom stereocenters. The van der Waals surface area contributed by atoms with E-state index < -0.39 is 0 Å². The van der Waals surface area contributed by atoms with Crippen molar-refractivity contribution < 1.29 is 4.39 Å². The molecule has 2 rings (SSSR count). The maximum absolute atomic E-state index is 13.1. The molecule has 0 aliphatic rings. The number of benzene rings is 1. The summed E-state index contributed by atoms with van der Waals surface area (Å²) in [5, 5.41) is 0. The van der Waals surface area contributed by atoms with Gasteiger partial charge in [-0.05, 0) is 23.8 Å². The van der Waals surface area contributed by atoms with Crippen molar-refractivity contribution in [2.45, 2.75) is 0 Å². The van der Waals surface area contributed by atoms with Crippen molar-refractivity contribution in [1.82, 2.24) is 4.98 Å². The molecule has 1 aromatic carbocycles. The molecule has 0 bridgehead atoms. The molecule has 0 aliphatic heterocycles. The highest BCUT2D eigenvalue weighted by Crippen LogP contribution is 2.27. The van der Waals surface area contributed by atoms with Crippen molar-refractivity contribution in [3.05, 3.63) is 48.4 Å².